The minimum Gasteiger partial charge on any atom is -0.494 e. The minimum absolute atomic E-state index is 0.288. The molecule has 0 aliphatic carbocycles. The van der Waals surface area contributed by atoms with E-state index in [4.69, 9.17) is 4.74 Å². The van der Waals surface area contributed by atoms with E-state index in [1.54, 1.807) is 30.0 Å². The summed E-state index contributed by atoms with van der Waals surface area (Å²) >= 11 is 1.41. The lowest BCUT2D eigenvalue weighted by Crippen LogP contribution is -2.12. The molecule has 0 aliphatic rings. The summed E-state index contributed by atoms with van der Waals surface area (Å²) in [6.45, 7) is 2.56. The smallest absolute Gasteiger partial charge is 0.275 e. The van der Waals surface area contributed by atoms with Crippen LogP contribution in [0.25, 0.3) is 16.4 Å². The van der Waals surface area contributed by atoms with Gasteiger partial charge in [0.2, 0.25) is 0 Å². The molecule has 0 unspecified atom stereocenters. The molecule has 1 N–H and O–H groups in total. The van der Waals surface area contributed by atoms with Crippen LogP contribution in [0.2, 0.25) is 0 Å². The Morgan fingerprint density at radius 2 is 2.07 bits per heavy atom. The summed E-state index contributed by atoms with van der Waals surface area (Å²) < 4.78 is 6.98. The molecule has 3 heterocycles. The molecule has 4 aromatic rings. The predicted molar refractivity (Wildman–Crippen MR) is 106 cm³/mol. The first-order chi connectivity index (χ1) is 13.7. The Hall–Kier alpha value is -3.59. The monoisotopic (exact) mass is 392 g/mol. The molecule has 140 valence electrons. The first-order valence-electron chi connectivity index (χ1n) is 8.54. The highest BCUT2D eigenvalue weighted by atomic mass is 32.1. The van der Waals surface area contributed by atoms with Crippen molar-refractivity contribution >= 4 is 22.9 Å². The van der Waals surface area contributed by atoms with Crippen LogP contribution in [0.1, 0.15) is 17.4 Å². The van der Waals surface area contributed by atoms with Gasteiger partial charge < -0.3 is 10.1 Å². The first-order valence-corrected chi connectivity index (χ1v) is 9.42. The van der Waals surface area contributed by atoms with Crippen molar-refractivity contribution in [2.45, 2.75) is 6.92 Å². The van der Waals surface area contributed by atoms with Gasteiger partial charge in [0.25, 0.3) is 5.91 Å². The van der Waals surface area contributed by atoms with Crippen molar-refractivity contribution in [1.82, 2.24) is 24.7 Å². The van der Waals surface area contributed by atoms with Gasteiger partial charge in [-0.1, -0.05) is 0 Å². The Morgan fingerprint density at radius 3 is 2.75 bits per heavy atom. The molecule has 0 bridgehead atoms. The number of carbonyl (C=O) groups is 1. The van der Waals surface area contributed by atoms with Gasteiger partial charge in [-0.15, -0.1) is 11.3 Å². The van der Waals surface area contributed by atoms with Crippen LogP contribution >= 0.6 is 11.3 Å². The van der Waals surface area contributed by atoms with Crippen molar-refractivity contribution in [3.8, 4) is 22.1 Å². The standard InChI is InChI=1S/C19H16N6O2S/c1-2-27-15-6-3-13(4-7-15)19-24-16(10-28-19)18(26)23-14-5-8-17(21-9-14)25-12-20-11-22-25/h3-12H,2H2,1H3,(H,23,26). The van der Waals surface area contributed by atoms with Gasteiger partial charge in [-0.25, -0.2) is 19.6 Å². The van der Waals surface area contributed by atoms with Gasteiger partial charge in [0.15, 0.2) is 5.82 Å². The molecule has 0 atom stereocenters. The number of ether oxygens (including phenoxy) is 1. The van der Waals surface area contributed by atoms with Crippen LogP contribution in [-0.4, -0.2) is 37.2 Å². The molecule has 9 heteroatoms. The maximum atomic E-state index is 12.5. The fourth-order valence-electron chi connectivity index (χ4n) is 2.49. The SMILES string of the molecule is CCOc1ccc(-c2nc(C(=O)Nc3ccc(-n4cncn4)nc3)cs2)cc1. The summed E-state index contributed by atoms with van der Waals surface area (Å²) in [5.74, 6) is 1.13. The van der Waals surface area contributed by atoms with E-state index in [2.05, 4.69) is 25.4 Å². The number of rotatable bonds is 6. The maximum Gasteiger partial charge on any atom is 0.275 e. The maximum absolute atomic E-state index is 12.5. The van der Waals surface area contributed by atoms with Crippen molar-refractivity contribution in [1.29, 1.82) is 0 Å². The number of hydrogen-bond donors (Lipinski definition) is 1. The molecule has 0 aliphatic heterocycles. The summed E-state index contributed by atoms with van der Waals surface area (Å²) in [5.41, 5.74) is 1.87. The van der Waals surface area contributed by atoms with E-state index in [0.717, 1.165) is 16.3 Å². The van der Waals surface area contributed by atoms with Crippen molar-refractivity contribution in [3.05, 3.63) is 66.3 Å². The van der Waals surface area contributed by atoms with Crippen molar-refractivity contribution in [2.24, 2.45) is 0 Å². The zero-order valence-electron chi connectivity index (χ0n) is 14.9. The highest BCUT2D eigenvalue weighted by Crippen LogP contribution is 2.26. The van der Waals surface area contributed by atoms with Gasteiger partial charge in [0.1, 0.15) is 29.1 Å². The molecule has 3 aromatic heterocycles. The number of thiazole rings is 1. The molecule has 8 nitrogen and oxygen atoms in total. The quantitative estimate of drug-likeness (QED) is 0.540. The normalized spacial score (nSPS) is 10.6. The number of hydrogen-bond acceptors (Lipinski definition) is 7. The second-order valence-electron chi connectivity index (χ2n) is 5.69. The molecule has 0 saturated heterocycles. The van der Waals surface area contributed by atoms with Gasteiger partial charge >= 0.3 is 0 Å². The highest BCUT2D eigenvalue weighted by molar-refractivity contribution is 7.13. The number of carbonyl (C=O) groups excluding carboxylic acids is 1. The Bertz CT molecular complexity index is 1060. The number of nitrogens with one attached hydrogen (secondary N) is 1. The van der Waals surface area contributed by atoms with Crippen molar-refractivity contribution in [3.63, 3.8) is 0 Å². The molecule has 0 spiro atoms. The Morgan fingerprint density at radius 1 is 1.21 bits per heavy atom. The zero-order valence-corrected chi connectivity index (χ0v) is 15.8. The third-order valence-corrected chi connectivity index (χ3v) is 4.70. The average Bonchev–Trinajstić information content (AvgIpc) is 3.42. The van der Waals surface area contributed by atoms with E-state index in [1.807, 2.05) is 31.2 Å². The van der Waals surface area contributed by atoms with Crippen LogP contribution in [-0.2, 0) is 0 Å². The molecule has 1 aromatic carbocycles. The van der Waals surface area contributed by atoms with Crippen LogP contribution in [0.5, 0.6) is 5.75 Å². The summed E-state index contributed by atoms with van der Waals surface area (Å²) in [7, 11) is 0. The molecule has 4 rings (SSSR count). The number of benzene rings is 1. The van der Waals surface area contributed by atoms with E-state index in [0.29, 0.717) is 23.8 Å². The van der Waals surface area contributed by atoms with Crippen LogP contribution in [0.3, 0.4) is 0 Å². The second-order valence-corrected chi connectivity index (χ2v) is 6.55. The molecular weight excluding hydrogens is 376 g/mol. The van der Waals surface area contributed by atoms with Crippen LogP contribution in [0, 0.1) is 0 Å². The summed E-state index contributed by atoms with van der Waals surface area (Å²) in [4.78, 5) is 25.0. The largest absolute Gasteiger partial charge is 0.494 e. The number of amides is 1. The summed E-state index contributed by atoms with van der Waals surface area (Å²) in [6, 6.07) is 11.1. The van der Waals surface area contributed by atoms with E-state index in [1.165, 1.54) is 22.3 Å². The second kappa shape index (κ2) is 7.97. The van der Waals surface area contributed by atoms with Gasteiger partial charge in [0, 0.05) is 10.9 Å². The number of aromatic nitrogens is 5. The summed E-state index contributed by atoms with van der Waals surface area (Å²) in [5, 5.41) is 9.32. The predicted octanol–water partition coefficient (Wildman–Crippen LogP) is 3.44. The zero-order chi connectivity index (χ0) is 19.3. The van der Waals surface area contributed by atoms with Crippen molar-refractivity contribution < 1.29 is 9.53 Å². The molecule has 28 heavy (non-hydrogen) atoms. The Kier molecular flexibility index (Phi) is 5.07. The lowest BCUT2D eigenvalue weighted by Gasteiger charge is -2.04. The van der Waals surface area contributed by atoms with E-state index in [-0.39, 0.29) is 5.91 Å². The van der Waals surface area contributed by atoms with Gasteiger partial charge in [-0.05, 0) is 43.3 Å². The average molecular weight is 392 g/mol. The fourth-order valence-corrected chi connectivity index (χ4v) is 3.29. The molecule has 0 radical (unpaired) electrons. The minimum atomic E-state index is -0.288. The molecule has 1 amide bonds. The van der Waals surface area contributed by atoms with Gasteiger partial charge in [0.05, 0.1) is 18.5 Å². The van der Waals surface area contributed by atoms with E-state index >= 15 is 0 Å². The summed E-state index contributed by atoms with van der Waals surface area (Å²) in [6.07, 6.45) is 4.55. The van der Waals surface area contributed by atoms with Gasteiger partial charge in [-0.2, -0.15) is 5.10 Å². The lowest BCUT2D eigenvalue weighted by atomic mass is 10.2. The Labute approximate surface area is 164 Å². The number of anilines is 1. The third-order valence-electron chi connectivity index (χ3n) is 3.81. The number of pyridine rings is 1. The Balaban J connectivity index is 1.44. The van der Waals surface area contributed by atoms with E-state index in [9.17, 15) is 4.79 Å². The lowest BCUT2D eigenvalue weighted by molar-refractivity contribution is 0.102. The van der Waals surface area contributed by atoms with E-state index < -0.39 is 0 Å². The molecule has 0 fully saturated rings. The number of nitrogens with zero attached hydrogens (tertiary/aromatic N) is 5. The van der Waals surface area contributed by atoms with Crippen LogP contribution < -0.4 is 10.1 Å². The van der Waals surface area contributed by atoms with Gasteiger partial charge in [-0.3, -0.25) is 4.79 Å². The highest BCUT2D eigenvalue weighted by Gasteiger charge is 2.13. The molecular formula is C19H16N6O2S. The van der Waals surface area contributed by atoms with Crippen LogP contribution in [0.15, 0.2) is 60.6 Å². The first kappa shape index (κ1) is 17.8. The third kappa shape index (κ3) is 3.89. The fraction of sp³-hybridized carbons (Fsp3) is 0.105. The van der Waals surface area contributed by atoms with Crippen LogP contribution in [0.4, 0.5) is 5.69 Å². The van der Waals surface area contributed by atoms with Crippen molar-refractivity contribution in [2.75, 3.05) is 11.9 Å². The topological polar surface area (TPSA) is 94.8 Å². The molecule has 0 saturated carbocycles.